The fourth-order valence-electron chi connectivity index (χ4n) is 8.22. The van der Waals surface area contributed by atoms with E-state index in [0.29, 0.717) is 57.2 Å². The number of rotatable bonds is 3. The van der Waals surface area contributed by atoms with Gasteiger partial charge >= 0.3 is 0 Å². The molecule has 4 aromatic carbocycles. The van der Waals surface area contributed by atoms with Crippen LogP contribution in [0.15, 0.2) is 79.1 Å². The Morgan fingerprint density at radius 2 is 1.48 bits per heavy atom. The molecule has 0 aliphatic carbocycles. The SMILES string of the molecule is CC1CC(c2nnc3nc(N4c5ccccc5CCC4C)c4cc(F)c(Cl)cc4n23)c2ccccc2N1c1nc2nncn2c2cc(N)c(F)cc12. The van der Waals surface area contributed by atoms with Gasteiger partial charge in [-0.3, -0.25) is 8.80 Å². The zero-order valence-corrected chi connectivity index (χ0v) is 28.8. The number of aryl methyl sites for hydroxylation is 1. The Morgan fingerprint density at radius 1 is 0.769 bits per heavy atom. The van der Waals surface area contributed by atoms with E-state index in [1.54, 1.807) is 22.9 Å². The lowest BCUT2D eigenvalue weighted by Gasteiger charge is -2.40. The normalized spacial score (nSPS) is 18.8. The van der Waals surface area contributed by atoms with Crippen LogP contribution in [0.25, 0.3) is 33.4 Å². The fraction of sp³-hybridized carbons (Fsp3) is 0.211. The molecule has 11 nitrogen and oxygen atoms in total. The van der Waals surface area contributed by atoms with Crippen LogP contribution in [0.1, 0.15) is 49.6 Å². The topological polar surface area (TPSA) is 119 Å². The van der Waals surface area contributed by atoms with Crippen LogP contribution in [0.5, 0.6) is 0 Å². The van der Waals surface area contributed by atoms with Crippen molar-refractivity contribution in [2.24, 2.45) is 0 Å². The van der Waals surface area contributed by atoms with Crippen LogP contribution in [0, 0.1) is 11.6 Å². The largest absolute Gasteiger partial charge is 0.396 e. The minimum Gasteiger partial charge on any atom is -0.396 e. The Labute approximate surface area is 300 Å². The zero-order chi connectivity index (χ0) is 35.4. The molecular formula is C38H30ClF2N11. The van der Waals surface area contributed by atoms with Gasteiger partial charge in [0.2, 0.25) is 0 Å². The van der Waals surface area contributed by atoms with Crippen LogP contribution in [-0.4, -0.2) is 51.2 Å². The number of nitrogens with zero attached hydrogens (tertiary/aromatic N) is 10. The van der Waals surface area contributed by atoms with Gasteiger partial charge in [0.25, 0.3) is 11.6 Å². The highest BCUT2D eigenvalue weighted by atomic mass is 35.5. The average Bonchev–Trinajstić information content (AvgIpc) is 3.80. The molecule has 0 saturated heterocycles. The first-order valence-electron chi connectivity index (χ1n) is 17.1. The third-order valence-corrected chi connectivity index (χ3v) is 10.9. The van der Waals surface area contributed by atoms with Crippen LogP contribution in [-0.2, 0) is 6.42 Å². The quantitative estimate of drug-likeness (QED) is 0.182. The minimum atomic E-state index is -0.537. The summed E-state index contributed by atoms with van der Waals surface area (Å²) in [5.74, 6) is 1.24. The maximum absolute atomic E-state index is 15.4. The maximum Gasteiger partial charge on any atom is 0.257 e. The number of halogens is 3. The van der Waals surface area contributed by atoms with Crippen molar-refractivity contribution in [1.82, 2.24) is 39.2 Å². The lowest BCUT2D eigenvalue weighted by atomic mass is 9.85. The van der Waals surface area contributed by atoms with Crippen molar-refractivity contribution in [2.75, 3.05) is 15.5 Å². The molecule has 0 radical (unpaired) electrons. The van der Waals surface area contributed by atoms with Gasteiger partial charge in [-0.25, -0.2) is 8.78 Å². The van der Waals surface area contributed by atoms with E-state index < -0.39 is 11.6 Å². The fourth-order valence-corrected chi connectivity index (χ4v) is 8.37. The molecule has 6 heterocycles. The van der Waals surface area contributed by atoms with Crippen LogP contribution >= 0.6 is 11.6 Å². The van der Waals surface area contributed by atoms with Gasteiger partial charge in [0.05, 0.1) is 21.7 Å². The number of aromatic nitrogens is 8. The molecule has 258 valence electrons. The summed E-state index contributed by atoms with van der Waals surface area (Å²) in [5, 5.41) is 18.9. The van der Waals surface area contributed by atoms with E-state index in [1.165, 1.54) is 17.7 Å². The second kappa shape index (κ2) is 11.3. The third-order valence-electron chi connectivity index (χ3n) is 10.6. The molecule has 0 spiro atoms. The van der Waals surface area contributed by atoms with Gasteiger partial charge in [0.1, 0.15) is 35.4 Å². The molecule has 8 aromatic rings. The van der Waals surface area contributed by atoms with E-state index in [-0.39, 0.29) is 28.7 Å². The van der Waals surface area contributed by atoms with E-state index in [1.807, 2.05) is 34.7 Å². The first-order valence-corrected chi connectivity index (χ1v) is 17.5. The number of nitrogen functional groups attached to an aromatic ring is 1. The zero-order valence-electron chi connectivity index (χ0n) is 28.0. The Morgan fingerprint density at radius 3 is 2.33 bits per heavy atom. The molecule has 10 rings (SSSR count). The summed E-state index contributed by atoms with van der Waals surface area (Å²) in [6.07, 6.45) is 3.99. The van der Waals surface area contributed by atoms with Crippen LogP contribution in [0.2, 0.25) is 5.02 Å². The highest BCUT2D eigenvalue weighted by Crippen LogP contribution is 2.47. The van der Waals surface area contributed by atoms with E-state index in [9.17, 15) is 0 Å². The molecule has 0 bridgehead atoms. The van der Waals surface area contributed by atoms with Gasteiger partial charge < -0.3 is 15.5 Å². The van der Waals surface area contributed by atoms with E-state index in [0.717, 1.165) is 29.8 Å². The molecule has 4 aromatic heterocycles. The molecule has 14 heteroatoms. The van der Waals surface area contributed by atoms with Crippen molar-refractivity contribution in [3.8, 4) is 0 Å². The van der Waals surface area contributed by atoms with Gasteiger partial charge in [-0.2, -0.15) is 9.97 Å². The Hall–Kier alpha value is -5.95. The minimum absolute atomic E-state index is 0.00373. The first-order chi connectivity index (χ1) is 25.3. The molecule has 3 atom stereocenters. The second-order valence-electron chi connectivity index (χ2n) is 13.7. The Balaban J connectivity index is 1.17. The molecule has 3 unspecified atom stereocenters. The van der Waals surface area contributed by atoms with Crippen molar-refractivity contribution in [3.05, 3.63) is 113 Å². The van der Waals surface area contributed by atoms with Crippen molar-refractivity contribution >= 4 is 73.7 Å². The van der Waals surface area contributed by atoms with E-state index in [4.69, 9.17) is 32.4 Å². The summed E-state index contributed by atoms with van der Waals surface area (Å²) in [4.78, 5) is 14.3. The van der Waals surface area contributed by atoms with Crippen LogP contribution in [0.4, 0.5) is 37.5 Å². The molecule has 0 fully saturated rings. The second-order valence-corrected chi connectivity index (χ2v) is 14.1. The van der Waals surface area contributed by atoms with Crippen LogP contribution in [0.3, 0.4) is 0 Å². The summed E-state index contributed by atoms with van der Waals surface area (Å²) >= 11 is 6.51. The lowest BCUT2D eigenvalue weighted by Crippen LogP contribution is -2.36. The van der Waals surface area contributed by atoms with Gasteiger partial charge in [0, 0.05) is 40.1 Å². The molecular weight excluding hydrogens is 684 g/mol. The maximum atomic E-state index is 15.4. The number of benzene rings is 4. The standard InChI is InChI=1S/C38H30ClF2N11/c1-19-11-12-21-7-3-5-9-30(21)50(19)35-25-14-27(40)26(39)16-33(25)52-36(46-48-38(52)45-35)23-13-20(2)51(31-10-6-4-8-22(23)31)34-24-15-28(41)29(42)17-32(24)49-18-43-47-37(49)44-34/h3-10,14-20,23H,11-13,42H2,1-2H3. The van der Waals surface area contributed by atoms with Gasteiger partial charge in [-0.1, -0.05) is 48.0 Å². The summed E-state index contributed by atoms with van der Waals surface area (Å²) in [5.41, 5.74) is 11.4. The van der Waals surface area contributed by atoms with Crippen molar-refractivity contribution in [1.29, 1.82) is 0 Å². The van der Waals surface area contributed by atoms with Crippen molar-refractivity contribution < 1.29 is 8.78 Å². The number of hydrogen-bond acceptors (Lipinski definition) is 9. The summed E-state index contributed by atoms with van der Waals surface area (Å²) in [7, 11) is 0. The number of hydrogen-bond donors (Lipinski definition) is 1. The first kappa shape index (κ1) is 30.8. The molecule has 2 aliphatic rings. The van der Waals surface area contributed by atoms with Crippen molar-refractivity contribution in [2.45, 2.75) is 51.1 Å². The van der Waals surface area contributed by atoms with E-state index >= 15 is 8.78 Å². The summed E-state index contributed by atoms with van der Waals surface area (Å²) in [6, 6.07) is 22.3. The molecule has 52 heavy (non-hydrogen) atoms. The lowest BCUT2D eigenvalue weighted by molar-refractivity contribution is 0.544. The molecule has 0 amide bonds. The number of para-hydroxylation sites is 2. The van der Waals surface area contributed by atoms with Gasteiger partial charge in [0.15, 0.2) is 0 Å². The van der Waals surface area contributed by atoms with Gasteiger partial charge in [-0.05, 0) is 80.6 Å². The number of nitrogens with two attached hydrogens (primary N) is 1. The van der Waals surface area contributed by atoms with Crippen molar-refractivity contribution in [3.63, 3.8) is 0 Å². The average molecular weight is 714 g/mol. The number of anilines is 5. The molecule has 0 saturated carbocycles. The predicted molar refractivity (Wildman–Crippen MR) is 197 cm³/mol. The van der Waals surface area contributed by atoms with Gasteiger partial charge in [-0.15, -0.1) is 20.4 Å². The summed E-state index contributed by atoms with van der Waals surface area (Å²) in [6.45, 7) is 4.25. The summed E-state index contributed by atoms with van der Waals surface area (Å²) < 4.78 is 34.1. The predicted octanol–water partition coefficient (Wildman–Crippen LogP) is 7.92. The number of fused-ring (bicyclic) bond motifs is 8. The van der Waals surface area contributed by atoms with Crippen LogP contribution < -0.4 is 15.5 Å². The Kier molecular flexibility index (Phi) is 6.69. The highest BCUT2D eigenvalue weighted by molar-refractivity contribution is 6.31. The molecule has 2 aliphatic heterocycles. The molecule has 2 N–H and O–H groups in total. The highest BCUT2D eigenvalue weighted by Gasteiger charge is 2.37. The van der Waals surface area contributed by atoms with E-state index in [2.05, 4.69) is 57.1 Å². The smallest absolute Gasteiger partial charge is 0.257 e. The third kappa shape index (κ3) is 4.41. The monoisotopic (exact) mass is 713 g/mol. The Bertz CT molecular complexity index is 2760.